The van der Waals surface area contributed by atoms with Gasteiger partial charge in [-0.15, -0.1) is 0 Å². The van der Waals surface area contributed by atoms with Crippen LogP contribution in [0.15, 0.2) is 60.8 Å². The van der Waals surface area contributed by atoms with Crippen LogP contribution in [-0.4, -0.2) is 33.9 Å². The molecule has 0 radical (unpaired) electrons. The van der Waals surface area contributed by atoms with Crippen LogP contribution < -0.4 is 5.73 Å². The van der Waals surface area contributed by atoms with Crippen LogP contribution >= 0.6 is 7.82 Å². The molecule has 2 atom stereocenters. The Balaban J connectivity index is 4.04. The van der Waals surface area contributed by atoms with Gasteiger partial charge in [-0.25, -0.2) is 14.2 Å². The van der Waals surface area contributed by atoms with E-state index in [-0.39, 0.29) is 0 Å². The van der Waals surface area contributed by atoms with Crippen LogP contribution in [0.2, 0.25) is 0 Å². The third kappa shape index (κ3) is 20.3. The molecule has 0 bridgehead atoms. The van der Waals surface area contributed by atoms with Crippen molar-refractivity contribution in [2.24, 2.45) is 5.73 Å². The lowest BCUT2D eigenvalue weighted by Crippen LogP contribution is -2.43. The van der Waals surface area contributed by atoms with Gasteiger partial charge < -0.3 is 20.3 Å². The Morgan fingerprint density at radius 2 is 1.39 bits per heavy atom. The van der Waals surface area contributed by atoms with Gasteiger partial charge in [-0.3, -0.25) is 4.52 Å². The molecule has 0 rings (SSSR count). The molecule has 33 heavy (non-hydrogen) atoms. The number of esters is 2. The average molecular weight is 484 g/mol. The summed E-state index contributed by atoms with van der Waals surface area (Å²) in [6, 6.07) is -1.52. The van der Waals surface area contributed by atoms with E-state index < -0.39 is 31.9 Å². The second-order valence-electron chi connectivity index (χ2n) is 7.42. The first kappa shape index (κ1) is 30.9. The first-order valence-electron chi connectivity index (χ1n) is 11.3. The van der Waals surface area contributed by atoms with Gasteiger partial charge in [0.25, 0.3) is 0 Å². The highest BCUT2D eigenvalue weighted by atomic mass is 31.2. The number of carbonyl (C=O) groups excluding carboxylic acids is 2. The molecule has 0 aromatic rings. The second kappa shape index (κ2) is 19.4. The summed E-state index contributed by atoms with van der Waals surface area (Å²) in [4.78, 5) is 40.7. The summed E-state index contributed by atoms with van der Waals surface area (Å²) >= 11 is 0. The van der Waals surface area contributed by atoms with E-state index in [2.05, 4.69) is 22.3 Å². The molecule has 186 valence electrons. The Morgan fingerprint density at radius 3 is 1.97 bits per heavy atom. The zero-order chi connectivity index (χ0) is 25.0. The van der Waals surface area contributed by atoms with Gasteiger partial charge in [0.05, 0.1) is 6.10 Å². The third-order valence-electron chi connectivity index (χ3n) is 4.40. The summed E-state index contributed by atoms with van der Waals surface area (Å²) in [6.07, 6.45) is 26.2. The van der Waals surface area contributed by atoms with Crippen LogP contribution in [0.25, 0.3) is 0 Å². The fourth-order valence-corrected chi connectivity index (χ4v) is 3.15. The molecule has 0 spiro atoms. The molecule has 0 saturated heterocycles. The van der Waals surface area contributed by atoms with Crippen LogP contribution in [-0.2, 0) is 23.4 Å². The zero-order valence-electron chi connectivity index (χ0n) is 19.5. The Morgan fingerprint density at radius 1 is 0.879 bits per heavy atom. The zero-order valence-corrected chi connectivity index (χ0v) is 20.4. The SMILES string of the molecule is CCCCCCCCCC=CC=CC=CC=CC=CC(=O)OC(=O)[C@@H](N)[C@@H](C)OP(=O)(O)O. The van der Waals surface area contributed by atoms with Crippen molar-refractivity contribution in [3.05, 3.63) is 60.8 Å². The summed E-state index contributed by atoms with van der Waals surface area (Å²) in [5.41, 5.74) is 5.46. The molecule has 8 nitrogen and oxygen atoms in total. The normalized spacial score (nSPS) is 14.8. The predicted octanol–water partition coefficient (Wildman–Crippen LogP) is 4.80. The number of rotatable bonds is 17. The van der Waals surface area contributed by atoms with Gasteiger partial charge in [0.2, 0.25) is 0 Å². The monoisotopic (exact) mass is 483 g/mol. The lowest BCUT2D eigenvalue weighted by molar-refractivity contribution is -0.158. The molecule has 0 heterocycles. The minimum Gasteiger partial charge on any atom is -0.389 e. The first-order chi connectivity index (χ1) is 15.7. The van der Waals surface area contributed by atoms with E-state index >= 15 is 0 Å². The van der Waals surface area contributed by atoms with Gasteiger partial charge in [-0.2, -0.15) is 0 Å². The van der Waals surface area contributed by atoms with E-state index in [1.165, 1.54) is 57.9 Å². The lowest BCUT2D eigenvalue weighted by Gasteiger charge is -2.18. The molecule has 0 aliphatic heterocycles. The number of unbranched alkanes of at least 4 members (excludes halogenated alkanes) is 7. The summed E-state index contributed by atoms with van der Waals surface area (Å²) < 4.78 is 19.5. The van der Waals surface area contributed by atoms with Crippen molar-refractivity contribution in [1.29, 1.82) is 0 Å². The molecule has 0 fully saturated rings. The number of phosphoric ester groups is 1. The van der Waals surface area contributed by atoms with Crippen LogP contribution in [0.3, 0.4) is 0 Å². The van der Waals surface area contributed by atoms with E-state index in [0.29, 0.717) is 0 Å². The average Bonchev–Trinajstić information content (AvgIpc) is 2.74. The van der Waals surface area contributed by atoms with Crippen molar-refractivity contribution in [3.8, 4) is 0 Å². The summed E-state index contributed by atoms with van der Waals surface area (Å²) in [5.74, 6) is -2.11. The summed E-state index contributed by atoms with van der Waals surface area (Å²) in [5, 5.41) is 0. The molecule has 0 saturated carbocycles. The van der Waals surface area contributed by atoms with Crippen molar-refractivity contribution in [3.63, 3.8) is 0 Å². The Bertz CT molecular complexity index is 750. The number of hydrogen-bond donors (Lipinski definition) is 3. The molecule has 0 aliphatic rings. The van der Waals surface area contributed by atoms with E-state index in [9.17, 15) is 14.2 Å². The number of allylic oxidation sites excluding steroid dienone is 9. The van der Waals surface area contributed by atoms with Crippen LogP contribution in [0.5, 0.6) is 0 Å². The van der Waals surface area contributed by atoms with Gasteiger partial charge in [0.1, 0.15) is 6.04 Å². The van der Waals surface area contributed by atoms with Crippen molar-refractivity contribution < 1.29 is 33.2 Å². The highest BCUT2D eigenvalue weighted by molar-refractivity contribution is 7.46. The largest absolute Gasteiger partial charge is 0.469 e. The van der Waals surface area contributed by atoms with Crippen LogP contribution in [0.1, 0.15) is 65.2 Å². The minimum absolute atomic E-state index is 0.960. The quantitative estimate of drug-likeness (QED) is 0.0670. The van der Waals surface area contributed by atoms with E-state index in [4.69, 9.17) is 15.5 Å². The molecular formula is C24H38NO7P. The van der Waals surface area contributed by atoms with E-state index in [1.54, 1.807) is 18.2 Å². The van der Waals surface area contributed by atoms with Crippen LogP contribution in [0, 0.1) is 0 Å². The standard InChI is InChI=1S/C24H38NO7P/c1-3-4-5-6-7-8-9-10-11-12-13-14-15-16-17-18-19-20-22(26)31-24(27)23(25)21(2)32-33(28,29)30/h11-21,23H,3-10,25H2,1-2H3,(H2,28,29,30)/t21-,23+/m1/s1. The number of phosphoric acid groups is 1. The van der Waals surface area contributed by atoms with Gasteiger partial charge >= 0.3 is 19.8 Å². The maximum absolute atomic E-state index is 11.7. The topological polar surface area (TPSA) is 136 Å². The minimum atomic E-state index is -4.81. The maximum atomic E-state index is 11.7. The van der Waals surface area contributed by atoms with Crippen molar-refractivity contribution in [2.45, 2.75) is 77.4 Å². The Labute approximate surface area is 197 Å². The fraction of sp³-hybridized carbons (Fsp3) is 0.500. The fourth-order valence-electron chi connectivity index (χ4n) is 2.59. The van der Waals surface area contributed by atoms with Crippen molar-refractivity contribution in [1.82, 2.24) is 0 Å². The first-order valence-corrected chi connectivity index (χ1v) is 12.8. The maximum Gasteiger partial charge on any atom is 0.469 e. The lowest BCUT2D eigenvalue weighted by atomic mass is 10.1. The molecule has 0 unspecified atom stereocenters. The van der Waals surface area contributed by atoms with Gasteiger partial charge in [0.15, 0.2) is 0 Å². The predicted molar refractivity (Wildman–Crippen MR) is 130 cm³/mol. The molecule has 9 heteroatoms. The molecule has 4 N–H and O–H groups in total. The highest BCUT2D eigenvalue weighted by Gasteiger charge is 2.30. The summed E-state index contributed by atoms with van der Waals surface area (Å²) in [6.45, 7) is 3.41. The van der Waals surface area contributed by atoms with Gasteiger partial charge in [-0.1, -0.05) is 100 Å². The highest BCUT2D eigenvalue weighted by Crippen LogP contribution is 2.37. The number of carbonyl (C=O) groups is 2. The number of hydrogen-bond acceptors (Lipinski definition) is 6. The van der Waals surface area contributed by atoms with Gasteiger partial charge in [0, 0.05) is 6.08 Å². The van der Waals surface area contributed by atoms with Gasteiger partial charge in [-0.05, 0) is 19.8 Å². The third-order valence-corrected chi connectivity index (χ3v) is 5.01. The second-order valence-corrected chi connectivity index (χ2v) is 8.61. The molecule has 0 amide bonds. The van der Waals surface area contributed by atoms with Crippen molar-refractivity contribution in [2.75, 3.05) is 0 Å². The number of nitrogens with two attached hydrogens (primary N) is 1. The van der Waals surface area contributed by atoms with E-state index in [1.807, 2.05) is 24.3 Å². The Kier molecular flexibility index (Phi) is 18.2. The molecule has 0 aromatic carbocycles. The van der Waals surface area contributed by atoms with Crippen molar-refractivity contribution >= 4 is 19.8 Å². The summed E-state index contributed by atoms with van der Waals surface area (Å²) in [7, 11) is -4.81. The number of ether oxygens (including phenoxy) is 1. The molecule has 0 aromatic heterocycles. The van der Waals surface area contributed by atoms with E-state index in [0.717, 1.165) is 12.5 Å². The smallest absolute Gasteiger partial charge is 0.389 e. The molecule has 0 aliphatic carbocycles. The van der Waals surface area contributed by atoms with Crippen LogP contribution in [0.4, 0.5) is 0 Å². The molecular weight excluding hydrogens is 445 g/mol. The Hall–Kier alpha value is -2.09.